The zero-order chi connectivity index (χ0) is 10.4. The third kappa shape index (κ3) is 4.02. The quantitative estimate of drug-likeness (QED) is 0.459. The topological polar surface area (TPSA) is 0 Å². The number of halogens is 1. The molecule has 1 aromatic rings. The summed E-state index contributed by atoms with van der Waals surface area (Å²) in [5, 5.41) is 0.241. The number of unbranched alkanes of at least 4 members (excludes halogenated alkanes) is 3. The molecular formula is C12H19ClS. The summed E-state index contributed by atoms with van der Waals surface area (Å²) >= 11 is 8.14. The number of rotatable bonds is 6. The fourth-order valence-corrected chi connectivity index (χ4v) is 2.76. The smallest absolute Gasteiger partial charge is 0.0678 e. The summed E-state index contributed by atoms with van der Waals surface area (Å²) in [4.78, 5) is 2.69. The van der Waals surface area contributed by atoms with Crippen LogP contribution in [-0.4, -0.2) is 0 Å². The fourth-order valence-electron chi connectivity index (χ4n) is 1.51. The molecular weight excluding hydrogens is 212 g/mol. The number of hydrogen-bond acceptors (Lipinski definition) is 1. The van der Waals surface area contributed by atoms with Crippen molar-refractivity contribution in [2.45, 2.75) is 51.3 Å². The molecule has 0 amide bonds. The van der Waals surface area contributed by atoms with Crippen molar-refractivity contribution in [1.82, 2.24) is 0 Å². The number of alkyl halides is 1. The van der Waals surface area contributed by atoms with Gasteiger partial charge in [-0.3, -0.25) is 0 Å². The van der Waals surface area contributed by atoms with Crippen LogP contribution in [0, 0.1) is 6.92 Å². The highest BCUT2D eigenvalue weighted by Gasteiger charge is 2.08. The molecule has 0 fully saturated rings. The second-order valence-electron chi connectivity index (χ2n) is 3.77. The van der Waals surface area contributed by atoms with E-state index < -0.39 is 0 Å². The Hall–Kier alpha value is -0.0100. The maximum absolute atomic E-state index is 6.31. The van der Waals surface area contributed by atoms with E-state index in [1.807, 2.05) is 11.3 Å². The minimum absolute atomic E-state index is 0.241. The molecule has 2 heteroatoms. The second kappa shape index (κ2) is 6.47. The van der Waals surface area contributed by atoms with Gasteiger partial charge in [0.05, 0.1) is 5.38 Å². The van der Waals surface area contributed by atoms with Crippen LogP contribution in [0.5, 0.6) is 0 Å². The van der Waals surface area contributed by atoms with Gasteiger partial charge in [-0.1, -0.05) is 32.6 Å². The van der Waals surface area contributed by atoms with E-state index in [-0.39, 0.29) is 5.38 Å². The van der Waals surface area contributed by atoms with Gasteiger partial charge in [0.25, 0.3) is 0 Å². The van der Waals surface area contributed by atoms with Gasteiger partial charge in [-0.25, -0.2) is 0 Å². The summed E-state index contributed by atoms with van der Waals surface area (Å²) in [6, 6.07) is 4.32. The first kappa shape index (κ1) is 12.1. The average Bonchev–Trinajstić information content (AvgIpc) is 2.59. The van der Waals surface area contributed by atoms with Crippen molar-refractivity contribution in [3.8, 4) is 0 Å². The minimum Gasteiger partial charge on any atom is -0.144 e. The van der Waals surface area contributed by atoms with E-state index in [1.54, 1.807) is 0 Å². The summed E-state index contributed by atoms with van der Waals surface area (Å²) in [7, 11) is 0. The molecule has 1 aromatic heterocycles. The summed E-state index contributed by atoms with van der Waals surface area (Å²) in [6.45, 7) is 4.37. The maximum atomic E-state index is 6.31. The molecule has 1 atom stereocenters. The zero-order valence-corrected chi connectivity index (χ0v) is 10.6. The van der Waals surface area contributed by atoms with Gasteiger partial charge in [0.2, 0.25) is 0 Å². The Bertz CT molecular complexity index is 255. The Kier molecular flexibility index (Phi) is 5.57. The van der Waals surface area contributed by atoms with Crippen molar-refractivity contribution in [1.29, 1.82) is 0 Å². The molecule has 0 aromatic carbocycles. The summed E-state index contributed by atoms with van der Waals surface area (Å²) in [6.07, 6.45) is 6.35. The third-order valence-corrected chi connectivity index (χ3v) is 4.08. The first-order valence-corrected chi connectivity index (χ1v) is 6.69. The van der Waals surface area contributed by atoms with Gasteiger partial charge in [-0.05, 0) is 25.5 Å². The third-order valence-electron chi connectivity index (χ3n) is 2.38. The molecule has 0 spiro atoms. The normalized spacial score (nSPS) is 13.1. The predicted molar refractivity (Wildman–Crippen MR) is 66.4 cm³/mol. The Labute approximate surface area is 96.3 Å². The fraction of sp³-hybridized carbons (Fsp3) is 0.667. The highest BCUT2D eigenvalue weighted by atomic mass is 35.5. The van der Waals surface area contributed by atoms with E-state index in [0.29, 0.717) is 0 Å². The molecule has 1 rings (SSSR count). The van der Waals surface area contributed by atoms with E-state index >= 15 is 0 Å². The lowest BCUT2D eigenvalue weighted by Gasteiger charge is -2.06. The molecule has 80 valence electrons. The van der Waals surface area contributed by atoms with Crippen molar-refractivity contribution in [2.75, 3.05) is 0 Å². The first-order chi connectivity index (χ1) is 6.74. The highest BCUT2D eigenvalue weighted by molar-refractivity contribution is 7.12. The summed E-state index contributed by atoms with van der Waals surface area (Å²) < 4.78 is 0. The molecule has 0 bridgehead atoms. The van der Waals surface area contributed by atoms with Crippen LogP contribution in [0.15, 0.2) is 12.1 Å². The van der Waals surface area contributed by atoms with Crippen LogP contribution >= 0.6 is 22.9 Å². The van der Waals surface area contributed by atoms with Crippen LogP contribution in [0.2, 0.25) is 0 Å². The van der Waals surface area contributed by atoms with E-state index in [4.69, 9.17) is 11.6 Å². The molecule has 0 N–H and O–H groups in total. The number of hydrogen-bond donors (Lipinski definition) is 0. The van der Waals surface area contributed by atoms with Gasteiger partial charge >= 0.3 is 0 Å². The Morgan fingerprint density at radius 3 is 2.64 bits per heavy atom. The van der Waals surface area contributed by atoms with Gasteiger partial charge in [0.15, 0.2) is 0 Å². The minimum atomic E-state index is 0.241. The van der Waals surface area contributed by atoms with Crippen LogP contribution in [0.4, 0.5) is 0 Å². The second-order valence-corrected chi connectivity index (χ2v) is 5.61. The molecule has 0 aliphatic heterocycles. The van der Waals surface area contributed by atoms with Crippen molar-refractivity contribution >= 4 is 22.9 Å². The maximum Gasteiger partial charge on any atom is 0.0678 e. The molecule has 14 heavy (non-hydrogen) atoms. The Morgan fingerprint density at radius 2 is 2.07 bits per heavy atom. The SMILES string of the molecule is CCCCCCC(Cl)c1ccc(C)s1. The van der Waals surface area contributed by atoms with Crippen molar-refractivity contribution in [2.24, 2.45) is 0 Å². The van der Waals surface area contributed by atoms with Crippen LogP contribution in [0.1, 0.15) is 54.2 Å². The molecule has 1 unspecified atom stereocenters. The van der Waals surface area contributed by atoms with Crippen LogP contribution in [0.25, 0.3) is 0 Å². The van der Waals surface area contributed by atoms with Crippen LogP contribution < -0.4 is 0 Å². The predicted octanol–water partition coefficient (Wildman–Crippen LogP) is 5.31. The van der Waals surface area contributed by atoms with Gasteiger partial charge < -0.3 is 0 Å². The molecule has 0 saturated carbocycles. The highest BCUT2D eigenvalue weighted by Crippen LogP contribution is 2.31. The van der Waals surface area contributed by atoms with Crippen molar-refractivity contribution in [3.05, 3.63) is 21.9 Å². The van der Waals surface area contributed by atoms with E-state index in [9.17, 15) is 0 Å². The lowest BCUT2D eigenvalue weighted by Crippen LogP contribution is -1.86. The largest absolute Gasteiger partial charge is 0.144 e. The number of aryl methyl sites for hydroxylation is 1. The average molecular weight is 231 g/mol. The summed E-state index contributed by atoms with van der Waals surface area (Å²) in [5.41, 5.74) is 0. The first-order valence-electron chi connectivity index (χ1n) is 5.44. The monoisotopic (exact) mass is 230 g/mol. The zero-order valence-electron chi connectivity index (χ0n) is 9.05. The van der Waals surface area contributed by atoms with Crippen molar-refractivity contribution < 1.29 is 0 Å². The van der Waals surface area contributed by atoms with Gasteiger partial charge in [-0.2, -0.15) is 0 Å². The van der Waals surface area contributed by atoms with E-state index in [0.717, 1.165) is 6.42 Å². The number of thiophene rings is 1. The molecule has 0 saturated heterocycles. The lowest BCUT2D eigenvalue weighted by molar-refractivity contribution is 0.626. The van der Waals surface area contributed by atoms with Crippen LogP contribution in [0.3, 0.4) is 0 Å². The van der Waals surface area contributed by atoms with Gasteiger partial charge in [-0.15, -0.1) is 22.9 Å². The Balaban J connectivity index is 2.25. The molecule has 1 heterocycles. The van der Waals surface area contributed by atoms with Crippen molar-refractivity contribution in [3.63, 3.8) is 0 Å². The standard InChI is InChI=1S/C12H19ClS/c1-3-4-5-6-7-11(13)12-9-8-10(2)14-12/h8-9,11H,3-7H2,1-2H3. The Morgan fingerprint density at radius 1 is 1.29 bits per heavy atom. The van der Waals surface area contributed by atoms with E-state index in [1.165, 1.54) is 35.4 Å². The molecule has 0 aliphatic carbocycles. The van der Waals surface area contributed by atoms with Crippen LogP contribution in [-0.2, 0) is 0 Å². The van der Waals surface area contributed by atoms with E-state index in [2.05, 4.69) is 26.0 Å². The molecule has 0 nitrogen and oxygen atoms in total. The summed E-state index contributed by atoms with van der Waals surface area (Å²) in [5.74, 6) is 0. The molecule has 0 aliphatic rings. The van der Waals surface area contributed by atoms with Gasteiger partial charge in [0, 0.05) is 9.75 Å². The van der Waals surface area contributed by atoms with Gasteiger partial charge in [0.1, 0.15) is 0 Å². The molecule has 0 radical (unpaired) electrons. The lowest BCUT2D eigenvalue weighted by atomic mass is 10.1.